The van der Waals surface area contributed by atoms with E-state index in [0.717, 1.165) is 11.3 Å². The number of carboxylic acid groups (broad SMARTS) is 1. The summed E-state index contributed by atoms with van der Waals surface area (Å²) in [5.41, 5.74) is 2.20. The van der Waals surface area contributed by atoms with Gasteiger partial charge in [0.1, 0.15) is 5.69 Å². The molecule has 0 saturated carbocycles. The number of benzene rings is 1. The summed E-state index contributed by atoms with van der Waals surface area (Å²) in [5, 5.41) is 16.2. The van der Waals surface area contributed by atoms with E-state index in [0.29, 0.717) is 12.1 Å². The van der Waals surface area contributed by atoms with E-state index < -0.39 is 11.9 Å². The van der Waals surface area contributed by atoms with E-state index in [2.05, 4.69) is 10.4 Å². The third kappa shape index (κ3) is 4.44. The average molecular weight is 329 g/mol. The topological polar surface area (TPSA) is 84.2 Å². The van der Waals surface area contributed by atoms with Crippen molar-refractivity contribution in [1.82, 2.24) is 15.1 Å². The van der Waals surface area contributed by atoms with Crippen LogP contribution in [0.5, 0.6) is 0 Å². The molecule has 1 aromatic heterocycles. The minimum atomic E-state index is -0.928. The quantitative estimate of drug-likeness (QED) is 0.816. The SMILES string of the molecule is CC(C)c1cc(C(=O)NCC(Cc2ccccc2)C(=O)O)nn1C. The number of aromatic nitrogens is 2. The third-order valence-electron chi connectivity index (χ3n) is 3.92. The van der Waals surface area contributed by atoms with Gasteiger partial charge in [-0.05, 0) is 24.0 Å². The summed E-state index contributed by atoms with van der Waals surface area (Å²) in [7, 11) is 1.79. The van der Waals surface area contributed by atoms with Gasteiger partial charge in [-0.1, -0.05) is 44.2 Å². The number of rotatable bonds is 7. The first-order valence-corrected chi connectivity index (χ1v) is 7.97. The van der Waals surface area contributed by atoms with Gasteiger partial charge in [-0.3, -0.25) is 14.3 Å². The van der Waals surface area contributed by atoms with Crippen molar-refractivity contribution in [2.75, 3.05) is 6.54 Å². The number of aliphatic carboxylic acids is 1. The zero-order chi connectivity index (χ0) is 17.7. The molecule has 24 heavy (non-hydrogen) atoms. The minimum absolute atomic E-state index is 0.0661. The van der Waals surface area contributed by atoms with Gasteiger partial charge in [0.05, 0.1) is 5.92 Å². The predicted octanol–water partition coefficient (Wildman–Crippen LogP) is 2.22. The summed E-state index contributed by atoms with van der Waals surface area (Å²) < 4.78 is 1.68. The van der Waals surface area contributed by atoms with Crippen molar-refractivity contribution in [3.8, 4) is 0 Å². The lowest BCUT2D eigenvalue weighted by Crippen LogP contribution is -2.34. The molecule has 1 heterocycles. The molecule has 0 spiro atoms. The summed E-state index contributed by atoms with van der Waals surface area (Å²) in [5.74, 6) is -1.70. The first kappa shape index (κ1) is 17.7. The summed E-state index contributed by atoms with van der Waals surface area (Å²) in [6, 6.07) is 11.1. The van der Waals surface area contributed by atoms with E-state index in [1.165, 1.54) is 0 Å². The molecule has 6 nitrogen and oxygen atoms in total. The highest BCUT2D eigenvalue weighted by Crippen LogP contribution is 2.15. The van der Waals surface area contributed by atoms with E-state index in [1.807, 2.05) is 44.2 Å². The molecule has 1 amide bonds. The average Bonchev–Trinajstić information content (AvgIpc) is 2.94. The van der Waals surface area contributed by atoms with E-state index in [-0.39, 0.29) is 18.4 Å². The van der Waals surface area contributed by atoms with Crippen LogP contribution in [-0.2, 0) is 18.3 Å². The lowest BCUT2D eigenvalue weighted by molar-refractivity contribution is -0.141. The second-order valence-corrected chi connectivity index (χ2v) is 6.17. The van der Waals surface area contributed by atoms with Gasteiger partial charge in [-0.25, -0.2) is 0 Å². The monoisotopic (exact) mass is 329 g/mol. The maximum absolute atomic E-state index is 12.2. The highest BCUT2D eigenvalue weighted by Gasteiger charge is 2.21. The van der Waals surface area contributed by atoms with Gasteiger partial charge < -0.3 is 10.4 Å². The Morgan fingerprint density at radius 3 is 2.46 bits per heavy atom. The Labute approximate surface area is 141 Å². The Morgan fingerprint density at radius 2 is 1.92 bits per heavy atom. The number of carboxylic acids is 1. The van der Waals surface area contributed by atoms with Gasteiger partial charge in [0.2, 0.25) is 0 Å². The lowest BCUT2D eigenvalue weighted by atomic mass is 9.99. The first-order valence-electron chi connectivity index (χ1n) is 7.97. The zero-order valence-corrected chi connectivity index (χ0v) is 14.2. The Hall–Kier alpha value is -2.63. The smallest absolute Gasteiger partial charge is 0.308 e. The maximum Gasteiger partial charge on any atom is 0.308 e. The fraction of sp³-hybridized carbons (Fsp3) is 0.389. The highest BCUT2D eigenvalue weighted by molar-refractivity contribution is 5.92. The van der Waals surface area contributed by atoms with Crippen LogP contribution in [0.25, 0.3) is 0 Å². The highest BCUT2D eigenvalue weighted by atomic mass is 16.4. The molecule has 0 saturated heterocycles. The number of hydrogen-bond donors (Lipinski definition) is 2. The van der Waals surface area contributed by atoms with Crippen LogP contribution >= 0.6 is 0 Å². The van der Waals surface area contributed by atoms with Gasteiger partial charge >= 0.3 is 5.97 Å². The van der Waals surface area contributed by atoms with Crippen molar-refractivity contribution in [3.63, 3.8) is 0 Å². The van der Waals surface area contributed by atoms with Crippen molar-refractivity contribution in [2.45, 2.75) is 26.2 Å². The Kier molecular flexibility index (Phi) is 5.73. The number of aryl methyl sites for hydroxylation is 1. The van der Waals surface area contributed by atoms with E-state index in [9.17, 15) is 14.7 Å². The fourth-order valence-electron chi connectivity index (χ4n) is 2.58. The summed E-state index contributed by atoms with van der Waals surface area (Å²) in [6.45, 7) is 4.12. The molecule has 0 fully saturated rings. The van der Waals surface area contributed by atoms with Gasteiger partial charge in [0.25, 0.3) is 5.91 Å². The minimum Gasteiger partial charge on any atom is -0.481 e. The summed E-state index contributed by atoms with van der Waals surface area (Å²) in [6.07, 6.45) is 0.371. The number of carbonyl (C=O) groups excluding carboxylic acids is 1. The molecule has 0 bridgehead atoms. The van der Waals surface area contributed by atoms with Crippen LogP contribution in [0.1, 0.15) is 41.5 Å². The van der Waals surface area contributed by atoms with Crippen molar-refractivity contribution < 1.29 is 14.7 Å². The van der Waals surface area contributed by atoms with Crippen LogP contribution < -0.4 is 5.32 Å². The predicted molar refractivity (Wildman–Crippen MR) is 90.9 cm³/mol. The zero-order valence-electron chi connectivity index (χ0n) is 14.2. The normalized spacial score (nSPS) is 12.2. The lowest BCUT2D eigenvalue weighted by Gasteiger charge is -2.13. The standard InChI is InChI=1S/C18H23N3O3/c1-12(2)16-10-15(20-21(16)3)17(22)19-11-14(18(23)24)9-13-7-5-4-6-8-13/h4-8,10,12,14H,9,11H2,1-3H3,(H,19,22)(H,23,24). The van der Waals surface area contributed by atoms with Crippen LogP contribution in [0.4, 0.5) is 0 Å². The van der Waals surface area contributed by atoms with Gasteiger partial charge in [0.15, 0.2) is 0 Å². The van der Waals surface area contributed by atoms with Crippen LogP contribution in [0.2, 0.25) is 0 Å². The molecule has 2 aromatic rings. The molecular weight excluding hydrogens is 306 g/mol. The third-order valence-corrected chi connectivity index (χ3v) is 3.92. The molecule has 2 N–H and O–H groups in total. The number of nitrogens with one attached hydrogen (secondary N) is 1. The largest absolute Gasteiger partial charge is 0.481 e. The Balaban J connectivity index is 2.00. The summed E-state index contributed by atoms with van der Waals surface area (Å²) in [4.78, 5) is 23.7. The van der Waals surface area contributed by atoms with E-state index in [1.54, 1.807) is 17.8 Å². The second kappa shape index (κ2) is 7.77. The van der Waals surface area contributed by atoms with E-state index in [4.69, 9.17) is 0 Å². The first-order chi connectivity index (χ1) is 11.4. The van der Waals surface area contributed by atoms with Crippen LogP contribution in [0.15, 0.2) is 36.4 Å². The second-order valence-electron chi connectivity index (χ2n) is 6.17. The molecule has 6 heteroatoms. The molecular formula is C18H23N3O3. The molecule has 1 unspecified atom stereocenters. The molecule has 0 aliphatic rings. The summed E-state index contributed by atoms with van der Waals surface area (Å²) >= 11 is 0. The van der Waals surface area contributed by atoms with Crippen molar-refractivity contribution in [2.24, 2.45) is 13.0 Å². The fourth-order valence-corrected chi connectivity index (χ4v) is 2.58. The molecule has 0 radical (unpaired) electrons. The van der Waals surface area contributed by atoms with Crippen LogP contribution in [0, 0.1) is 5.92 Å². The van der Waals surface area contributed by atoms with Crippen molar-refractivity contribution in [1.29, 1.82) is 0 Å². The maximum atomic E-state index is 12.2. The molecule has 0 aliphatic carbocycles. The number of nitrogens with zero attached hydrogens (tertiary/aromatic N) is 2. The van der Waals surface area contributed by atoms with Crippen LogP contribution in [0.3, 0.4) is 0 Å². The molecule has 0 aliphatic heterocycles. The molecule has 1 atom stereocenters. The van der Waals surface area contributed by atoms with Crippen molar-refractivity contribution in [3.05, 3.63) is 53.3 Å². The number of hydrogen-bond acceptors (Lipinski definition) is 3. The molecule has 2 rings (SSSR count). The molecule has 1 aromatic carbocycles. The molecule has 128 valence electrons. The van der Waals surface area contributed by atoms with Crippen LogP contribution in [-0.4, -0.2) is 33.3 Å². The van der Waals surface area contributed by atoms with Gasteiger partial charge in [-0.15, -0.1) is 0 Å². The van der Waals surface area contributed by atoms with E-state index >= 15 is 0 Å². The van der Waals surface area contributed by atoms with Crippen molar-refractivity contribution >= 4 is 11.9 Å². The Morgan fingerprint density at radius 1 is 1.25 bits per heavy atom. The Bertz CT molecular complexity index is 708. The van der Waals surface area contributed by atoms with Gasteiger partial charge in [0, 0.05) is 19.3 Å². The number of amides is 1. The number of carbonyl (C=O) groups is 2. The van der Waals surface area contributed by atoms with Gasteiger partial charge in [-0.2, -0.15) is 5.10 Å².